The Morgan fingerprint density at radius 3 is 2.45 bits per heavy atom. The van der Waals surface area contributed by atoms with Crippen molar-refractivity contribution in [1.82, 2.24) is 19.9 Å². The summed E-state index contributed by atoms with van der Waals surface area (Å²) in [4.78, 5) is 23.4. The Morgan fingerprint density at radius 2 is 1.87 bits per heavy atom. The number of fused-ring (bicyclic) bond motifs is 1. The molecule has 1 amide bonds. The molecule has 1 fully saturated rings. The fourth-order valence-corrected chi connectivity index (χ4v) is 3.75. The highest BCUT2D eigenvalue weighted by molar-refractivity contribution is 5.88. The molecule has 168 valence electrons. The second-order valence-corrected chi connectivity index (χ2v) is 7.26. The van der Waals surface area contributed by atoms with E-state index in [1.807, 2.05) is 0 Å². The van der Waals surface area contributed by atoms with Gasteiger partial charge in [0, 0.05) is 19.2 Å². The Kier molecular flexibility index (Phi) is 4.97. The Hall–Kier alpha value is -2.94. The van der Waals surface area contributed by atoms with Gasteiger partial charge in [-0.15, -0.1) is 0 Å². The fraction of sp³-hybridized carbons (Fsp3) is 0.500. The third kappa shape index (κ3) is 3.02. The van der Waals surface area contributed by atoms with Gasteiger partial charge < -0.3 is 50.7 Å². The van der Waals surface area contributed by atoms with Crippen LogP contribution in [0.5, 0.6) is 0 Å². The summed E-state index contributed by atoms with van der Waals surface area (Å²) in [5, 5.41) is 91.2. The second kappa shape index (κ2) is 6.78. The number of hydrogen-bond acceptors (Lipinski definition) is 13. The molecule has 1 aliphatic rings. The molecule has 31 heavy (non-hydrogen) atoms. The summed E-state index contributed by atoms with van der Waals surface area (Å²) in [5.41, 5.74) is 0.321. The van der Waals surface area contributed by atoms with Crippen molar-refractivity contribution in [3.8, 4) is 6.07 Å². The van der Waals surface area contributed by atoms with E-state index in [2.05, 4.69) is 15.0 Å². The first-order valence-corrected chi connectivity index (χ1v) is 8.68. The SMILES string of the molecule is C[C@H]1[C@@H](N(C)c2ncnc3[nH]ccc23)C(O)(O)N(C(=O)C(O)(O)C#N)C(O)(O)C1(O)O. The molecule has 0 aromatic carbocycles. The van der Waals surface area contributed by atoms with Crippen LogP contribution in [0.2, 0.25) is 0 Å². The summed E-state index contributed by atoms with van der Waals surface area (Å²) in [6, 6.07) is 0.269. The number of anilines is 1. The predicted octanol–water partition coefficient (Wildman–Crippen LogP) is -4.60. The quantitative estimate of drug-likeness (QED) is 0.161. The van der Waals surface area contributed by atoms with E-state index in [1.54, 1.807) is 0 Å². The van der Waals surface area contributed by atoms with Gasteiger partial charge in [0.15, 0.2) is 0 Å². The van der Waals surface area contributed by atoms with Crippen molar-refractivity contribution >= 4 is 22.8 Å². The average Bonchev–Trinajstić information content (AvgIpc) is 3.15. The molecule has 3 heterocycles. The molecule has 0 aliphatic carbocycles. The van der Waals surface area contributed by atoms with E-state index in [0.717, 1.165) is 24.2 Å². The van der Waals surface area contributed by atoms with E-state index in [0.29, 0.717) is 11.0 Å². The lowest BCUT2D eigenvalue weighted by atomic mass is 9.80. The number of nitrogens with one attached hydrogen (secondary N) is 1. The van der Waals surface area contributed by atoms with Crippen molar-refractivity contribution < 1.29 is 45.6 Å². The molecule has 0 saturated carbocycles. The monoisotopic (exact) mass is 440 g/mol. The van der Waals surface area contributed by atoms with Crippen LogP contribution in [-0.2, 0) is 4.79 Å². The molecule has 0 unspecified atom stereocenters. The number of aromatic nitrogens is 3. The van der Waals surface area contributed by atoms with E-state index in [1.165, 1.54) is 19.3 Å². The number of aliphatic hydroxyl groups is 8. The topological polar surface area (TPSA) is 251 Å². The van der Waals surface area contributed by atoms with Gasteiger partial charge in [-0.05, 0) is 6.07 Å². The van der Waals surface area contributed by atoms with Crippen LogP contribution in [0.25, 0.3) is 11.0 Å². The normalized spacial score (nSPS) is 24.6. The van der Waals surface area contributed by atoms with Gasteiger partial charge >= 0.3 is 17.6 Å². The molecule has 15 heteroatoms. The third-order valence-electron chi connectivity index (χ3n) is 5.38. The minimum Gasteiger partial charge on any atom is -0.360 e. The first-order chi connectivity index (χ1) is 14.1. The summed E-state index contributed by atoms with van der Waals surface area (Å²) in [6.45, 7) is 0.996. The molecule has 2 atom stereocenters. The first kappa shape index (κ1) is 22.7. The summed E-state index contributed by atoms with van der Waals surface area (Å²) in [5.74, 6) is -19.7. The Balaban J connectivity index is 2.22. The highest BCUT2D eigenvalue weighted by Crippen LogP contribution is 2.46. The lowest BCUT2D eigenvalue weighted by Crippen LogP contribution is -2.86. The molecule has 1 aliphatic heterocycles. The maximum Gasteiger partial charge on any atom is 0.336 e. The Labute approximate surface area is 173 Å². The lowest BCUT2D eigenvalue weighted by molar-refractivity contribution is -0.497. The van der Waals surface area contributed by atoms with Gasteiger partial charge in [-0.2, -0.15) is 5.26 Å². The molecular formula is C16H20N6O9. The van der Waals surface area contributed by atoms with Gasteiger partial charge in [0.1, 0.15) is 29.9 Å². The summed E-state index contributed by atoms with van der Waals surface area (Å²) < 4.78 is 0. The number of rotatable bonds is 3. The van der Waals surface area contributed by atoms with E-state index in [9.17, 15) is 45.6 Å². The van der Waals surface area contributed by atoms with Crippen LogP contribution in [0.4, 0.5) is 5.82 Å². The van der Waals surface area contributed by atoms with Gasteiger partial charge in [-0.3, -0.25) is 4.79 Å². The summed E-state index contributed by atoms with van der Waals surface area (Å²) >= 11 is 0. The molecule has 15 nitrogen and oxygen atoms in total. The summed E-state index contributed by atoms with van der Waals surface area (Å²) in [6.07, 6.45) is 2.60. The molecule has 2 aromatic heterocycles. The number of likely N-dealkylation sites (N-methyl/N-ethyl adjacent to an activating group) is 1. The van der Waals surface area contributed by atoms with Crippen LogP contribution < -0.4 is 4.90 Å². The zero-order chi connectivity index (χ0) is 23.6. The van der Waals surface area contributed by atoms with Crippen molar-refractivity contribution in [2.45, 2.75) is 36.4 Å². The minimum absolute atomic E-state index is 0.00157. The standard InChI is InChI=1S/C16H20N6O9/c1-7-9(21(2)11-8-3-4-18-10(8)19-6-20-11)15(28,29)22(12(23)13(24,25)5-17)16(30,31)14(7,26)27/h3-4,6-7,9,24-31H,1-2H3,(H,18,19,20)/t7-,9+/m0/s1. The number of amides is 1. The maximum absolute atomic E-state index is 12.4. The number of piperidine rings is 1. The van der Waals surface area contributed by atoms with E-state index < -0.39 is 46.2 Å². The van der Waals surface area contributed by atoms with Crippen molar-refractivity contribution in [1.29, 1.82) is 5.26 Å². The van der Waals surface area contributed by atoms with Crippen molar-refractivity contribution in [3.05, 3.63) is 18.6 Å². The number of carbonyl (C=O) groups is 1. The second-order valence-electron chi connectivity index (χ2n) is 7.26. The third-order valence-corrected chi connectivity index (χ3v) is 5.38. The number of hydrogen-bond donors (Lipinski definition) is 9. The minimum atomic E-state index is -4.17. The van der Waals surface area contributed by atoms with Gasteiger partial charge in [0.25, 0.3) is 5.91 Å². The van der Waals surface area contributed by atoms with Crippen LogP contribution in [0.1, 0.15) is 6.92 Å². The largest absolute Gasteiger partial charge is 0.360 e. The van der Waals surface area contributed by atoms with Crippen LogP contribution in [-0.4, -0.2) is 103 Å². The van der Waals surface area contributed by atoms with E-state index in [4.69, 9.17) is 5.26 Å². The molecule has 1 saturated heterocycles. The van der Waals surface area contributed by atoms with E-state index in [-0.39, 0.29) is 5.82 Å². The molecular weight excluding hydrogens is 420 g/mol. The maximum atomic E-state index is 12.4. The van der Waals surface area contributed by atoms with Crippen LogP contribution >= 0.6 is 0 Å². The van der Waals surface area contributed by atoms with Crippen LogP contribution in [0, 0.1) is 17.2 Å². The zero-order valence-electron chi connectivity index (χ0n) is 16.1. The highest BCUT2D eigenvalue weighted by Gasteiger charge is 2.74. The smallest absolute Gasteiger partial charge is 0.336 e. The lowest BCUT2D eigenvalue weighted by Gasteiger charge is -2.59. The van der Waals surface area contributed by atoms with E-state index >= 15 is 0 Å². The van der Waals surface area contributed by atoms with Gasteiger partial charge in [-0.25, -0.2) is 14.9 Å². The predicted molar refractivity (Wildman–Crippen MR) is 96.4 cm³/mol. The van der Waals surface area contributed by atoms with Crippen LogP contribution in [0.3, 0.4) is 0 Å². The molecule has 9 N–H and O–H groups in total. The van der Waals surface area contributed by atoms with Gasteiger partial charge in [0.2, 0.25) is 5.79 Å². The molecule has 0 bridgehead atoms. The summed E-state index contributed by atoms with van der Waals surface area (Å²) in [7, 11) is 1.22. The van der Waals surface area contributed by atoms with Gasteiger partial charge in [0.05, 0.1) is 5.39 Å². The number of carbonyl (C=O) groups excluding carboxylic acids is 1. The zero-order valence-corrected chi connectivity index (χ0v) is 16.1. The van der Waals surface area contributed by atoms with Crippen molar-refractivity contribution in [3.63, 3.8) is 0 Å². The highest BCUT2D eigenvalue weighted by atomic mass is 16.6. The average molecular weight is 440 g/mol. The molecule has 2 aromatic rings. The molecule has 0 radical (unpaired) electrons. The molecule has 0 spiro atoms. The van der Waals surface area contributed by atoms with Gasteiger partial charge in [-0.1, -0.05) is 6.92 Å². The van der Waals surface area contributed by atoms with Crippen LogP contribution in [0.15, 0.2) is 18.6 Å². The number of H-pyrrole nitrogens is 1. The Bertz CT molecular complexity index is 1060. The fourth-order valence-electron chi connectivity index (χ4n) is 3.75. The first-order valence-electron chi connectivity index (χ1n) is 8.68. The number of nitriles is 1. The molecule has 3 rings (SSSR count). The number of likely N-dealkylation sites (tertiary alicyclic amines) is 1. The number of nitrogens with zero attached hydrogens (tertiary/aromatic N) is 5. The number of aromatic amines is 1. The Morgan fingerprint density at radius 1 is 1.26 bits per heavy atom. The van der Waals surface area contributed by atoms with Crippen molar-refractivity contribution in [2.75, 3.05) is 11.9 Å². The van der Waals surface area contributed by atoms with Crippen molar-refractivity contribution in [2.24, 2.45) is 5.92 Å².